The summed E-state index contributed by atoms with van der Waals surface area (Å²) >= 11 is 0. The van der Waals surface area contributed by atoms with Gasteiger partial charge in [0.15, 0.2) is 0 Å². The maximum atomic E-state index is 10.6. The lowest BCUT2D eigenvalue weighted by Crippen LogP contribution is -2.55. The number of rotatable bonds is 3. The van der Waals surface area contributed by atoms with Gasteiger partial charge < -0.3 is 4.90 Å². The molecule has 7 aliphatic carbocycles. The predicted octanol–water partition coefficient (Wildman–Crippen LogP) is 13.6. The number of hydrogen-bond donors (Lipinski definition) is 0. The minimum atomic E-state index is -0.806. The molecule has 264 valence electrons. The van der Waals surface area contributed by atoms with Crippen LogP contribution in [0.4, 0.5) is 17.1 Å². The van der Waals surface area contributed by atoms with Crippen LogP contribution in [0.2, 0.25) is 0 Å². The summed E-state index contributed by atoms with van der Waals surface area (Å²) in [6.07, 6.45) is 9.37. The van der Waals surface area contributed by atoms with Crippen molar-refractivity contribution in [3.8, 4) is 11.1 Å². The fourth-order valence-electron chi connectivity index (χ4n) is 12.5. The van der Waals surface area contributed by atoms with Gasteiger partial charge in [-0.3, -0.25) is 0 Å². The molecule has 4 fully saturated rings. The minimum Gasteiger partial charge on any atom is -0.310 e. The number of nitrogens with zero attached hydrogens (tertiary/aromatic N) is 1. The van der Waals surface area contributed by atoms with E-state index >= 15 is 0 Å². The third-order valence-electron chi connectivity index (χ3n) is 15.4. The van der Waals surface area contributed by atoms with E-state index in [2.05, 4.69) is 96.7 Å². The Bertz CT molecular complexity index is 2370. The van der Waals surface area contributed by atoms with Crippen LogP contribution >= 0.6 is 0 Å². The van der Waals surface area contributed by atoms with Gasteiger partial charge in [-0.1, -0.05) is 97.7 Å². The molecule has 0 N–H and O–H groups in total. The van der Waals surface area contributed by atoms with Crippen LogP contribution in [-0.2, 0) is 27.1 Å². The van der Waals surface area contributed by atoms with Crippen LogP contribution in [0.25, 0.3) is 11.1 Å². The molecule has 0 unspecified atom stereocenters. The predicted molar refractivity (Wildman–Crippen MR) is 215 cm³/mol. The molecule has 51 heavy (non-hydrogen) atoms. The molecule has 4 saturated carbocycles. The van der Waals surface area contributed by atoms with Gasteiger partial charge >= 0.3 is 0 Å². The van der Waals surface area contributed by atoms with E-state index in [4.69, 9.17) is 2.74 Å². The third-order valence-corrected chi connectivity index (χ3v) is 15.4. The third kappa shape index (κ3) is 4.45. The lowest BCUT2D eigenvalue weighted by atomic mass is 9.43. The van der Waals surface area contributed by atoms with Crippen molar-refractivity contribution in [3.05, 3.63) is 112 Å². The zero-order chi connectivity index (χ0) is 41.4. The SMILES string of the molecule is [2H]c1c([2H])c([2H])c2c(c1[2H])-c1c([2H])c([2H])c(N(c3ccc4c(c3)C(C)(C)CCC4(C)C)c3ccc4c(c3)C(C)(C)CCC4(C)C)c([2H])c1C21C2CC3CC(C2)CC1C3. The Balaban J connectivity index is 1.31. The average Bonchev–Trinajstić information content (AvgIpc) is 3.49. The summed E-state index contributed by atoms with van der Waals surface area (Å²) in [6, 6.07) is 12.9. The van der Waals surface area contributed by atoms with Crippen LogP contribution < -0.4 is 4.90 Å². The van der Waals surface area contributed by atoms with E-state index in [9.17, 15) is 6.85 Å². The standard InChI is InChI=1S/C50H59N/c1-46(2)19-21-48(5,6)44-29-36(14-17-41(44)46)51(37-15-18-42-45(30-37)49(7,8)22-20-47(42,3)4)35-13-16-39-38-11-9-10-12-40(38)50(43(39)28-35)33-24-31-23-32(26-33)27-34(50)25-31/h9-18,28-34H,19-27H2,1-8H3/i9D,10D,11D,12D,13D,16D,28D. The van der Waals surface area contributed by atoms with Gasteiger partial charge in [0.25, 0.3) is 0 Å². The maximum absolute atomic E-state index is 10.6. The van der Waals surface area contributed by atoms with Gasteiger partial charge in [0.2, 0.25) is 0 Å². The number of fused-ring (bicyclic) bond motifs is 5. The van der Waals surface area contributed by atoms with Crippen LogP contribution in [0, 0.1) is 23.7 Å². The van der Waals surface area contributed by atoms with Crippen molar-refractivity contribution >= 4 is 17.1 Å². The van der Waals surface area contributed by atoms with Crippen molar-refractivity contribution in [3.63, 3.8) is 0 Å². The Morgan fingerprint density at radius 2 is 0.961 bits per heavy atom. The van der Waals surface area contributed by atoms with Gasteiger partial charge in [-0.2, -0.15) is 0 Å². The molecule has 1 heteroatoms. The van der Waals surface area contributed by atoms with Gasteiger partial charge in [0.1, 0.15) is 0 Å². The van der Waals surface area contributed by atoms with E-state index in [0.29, 0.717) is 39.8 Å². The van der Waals surface area contributed by atoms with Crippen LogP contribution in [0.15, 0.2) is 78.7 Å². The summed E-state index contributed by atoms with van der Waals surface area (Å²) < 4.78 is 67.3. The lowest BCUT2D eigenvalue weighted by Gasteiger charge is -2.61. The average molecular weight is 681 g/mol. The van der Waals surface area contributed by atoms with Crippen LogP contribution in [-0.4, -0.2) is 0 Å². The van der Waals surface area contributed by atoms with Crippen molar-refractivity contribution in [2.45, 2.75) is 140 Å². The highest BCUT2D eigenvalue weighted by Gasteiger charge is 2.61. The highest BCUT2D eigenvalue weighted by Crippen LogP contribution is 2.69. The molecular weight excluding hydrogens is 615 g/mol. The second kappa shape index (κ2) is 10.4. The fraction of sp³-hybridized carbons (Fsp3) is 0.520. The molecule has 0 amide bonds. The molecule has 11 rings (SSSR count). The van der Waals surface area contributed by atoms with Crippen LogP contribution in [0.1, 0.15) is 156 Å². The molecule has 7 aliphatic rings. The normalized spacial score (nSPS) is 32.7. The topological polar surface area (TPSA) is 3.24 Å². The van der Waals surface area contributed by atoms with Crippen molar-refractivity contribution in [1.82, 2.24) is 0 Å². The van der Waals surface area contributed by atoms with Crippen molar-refractivity contribution < 1.29 is 9.60 Å². The van der Waals surface area contributed by atoms with Gasteiger partial charge in [-0.15, -0.1) is 0 Å². The zero-order valence-corrected chi connectivity index (χ0v) is 32.1. The van der Waals surface area contributed by atoms with E-state index in [-0.39, 0.29) is 75.8 Å². The maximum Gasteiger partial charge on any atom is 0.0648 e. The number of anilines is 3. The van der Waals surface area contributed by atoms with Crippen LogP contribution in [0.3, 0.4) is 0 Å². The second-order valence-electron chi connectivity index (χ2n) is 20.2. The first kappa shape index (κ1) is 25.6. The van der Waals surface area contributed by atoms with E-state index in [0.717, 1.165) is 62.7 Å². The minimum absolute atomic E-state index is 0.00565. The molecule has 0 atom stereocenters. The largest absolute Gasteiger partial charge is 0.310 e. The summed E-state index contributed by atoms with van der Waals surface area (Å²) in [6.45, 7) is 18.6. The highest BCUT2D eigenvalue weighted by molar-refractivity contribution is 5.87. The van der Waals surface area contributed by atoms with Crippen molar-refractivity contribution in [1.29, 1.82) is 0 Å². The summed E-state index contributed by atoms with van der Waals surface area (Å²) in [7, 11) is 0. The number of hydrogen-bond acceptors (Lipinski definition) is 1. The first-order valence-electron chi connectivity index (χ1n) is 23.5. The Hall–Kier alpha value is -3.32. The van der Waals surface area contributed by atoms with E-state index in [1.165, 1.54) is 28.7 Å². The first-order valence-corrected chi connectivity index (χ1v) is 20.0. The molecule has 0 heterocycles. The van der Waals surface area contributed by atoms with Gasteiger partial charge in [-0.25, -0.2) is 0 Å². The Labute approximate surface area is 318 Å². The van der Waals surface area contributed by atoms with Crippen LogP contribution in [0.5, 0.6) is 0 Å². The quantitative estimate of drug-likeness (QED) is 0.208. The molecule has 4 aromatic rings. The molecule has 4 aromatic carbocycles. The lowest BCUT2D eigenvalue weighted by molar-refractivity contribution is -0.0399. The van der Waals surface area contributed by atoms with Gasteiger partial charge in [0.05, 0.1) is 9.60 Å². The molecular formula is C50H59N. The van der Waals surface area contributed by atoms with E-state index in [1.54, 1.807) is 0 Å². The summed E-state index contributed by atoms with van der Waals surface area (Å²) in [5.74, 6) is 1.39. The second-order valence-corrected chi connectivity index (χ2v) is 20.2. The first-order chi connectivity index (χ1) is 27.1. The Morgan fingerprint density at radius 3 is 1.49 bits per heavy atom. The van der Waals surface area contributed by atoms with Crippen molar-refractivity contribution in [2.75, 3.05) is 4.90 Å². The summed E-state index contributed by atoms with van der Waals surface area (Å²) in [5.41, 5.74) is 8.45. The number of benzene rings is 4. The summed E-state index contributed by atoms with van der Waals surface area (Å²) in [4.78, 5) is 2.11. The molecule has 0 radical (unpaired) electrons. The Morgan fingerprint density at radius 1 is 0.490 bits per heavy atom. The molecule has 0 saturated heterocycles. The molecule has 1 nitrogen and oxygen atoms in total. The molecule has 0 aromatic heterocycles. The fourth-order valence-corrected chi connectivity index (χ4v) is 12.5. The van der Waals surface area contributed by atoms with E-state index < -0.39 is 5.41 Å². The van der Waals surface area contributed by atoms with Crippen molar-refractivity contribution in [2.24, 2.45) is 23.7 Å². The van der Waals surface area contributed by atoms with E-state index in [1.807, 2.05) is 0 Å². The monoisotopic (exact) mass is 681 g/mol. The summed E-state index contributed by atoms with van der Waals surface area (Å²) in [5, 5.41) is 0. The molecule has 4 bridgehead atoms. The molecule has 1 spiro atoms. The molecule has 0 aliphatic heterocycles. The smallest absolute Gasteiger partial charge is 0.0648 e. The van der Waals surface area contributed by atoms with Gasteiger partial charge in [0, 0.05) is 22.5 Å². The Kier molecular flexibility index (Phi) is 5.24. The highest BCUT2D eigenvalue weighted by atomic mass is 15.1. The zero-order valence-electron chi connectivity index (χ0n) is 39.1. The van der Waals surface area contributed by atoms with Gasteiger partial charge in [-0.05, 0) is 184 Å².